The molecule has 136 valence electrons. The molecule has 1 aromatic heterocycles. The zero-order chi connectivity index (χ0) is 18.3. The molecule has 0 aliphatic carbocycles. The summed E-state index contributed by atoms with van der Waals surface area (Å²) in [5.74, 6) is -0.101. The summed E-state index contributed by atoms with van der Waals surface area (Å²) in [6.45, 7) is 3.49. The Labute approximate surface area is 150 Å². The van der Waals surface area contributed by atoms with Gasteiger partial charge >= 0.3 is 0 Å². The minimum Gasteiger partial charge on any atom is -0.330 e. The van der Waals surface area contributed by atoms with Crippen molar-refractivity contribution in [3.8, 4) is 5.69 Å². The zero-order valence-electron chi connectivity index (χ0n) is 14.5. The fourth-order valence-corrected chi connectivity index (χ4v) is 3.95. The van der Waals surface area contributed by atoms with E-state index in [2.05, 4.69) is 15.6 Å². The van der Waals surface area contributed by atoms with Gasteiger partial charge in [-0.1, -0.05) is 11.3 Å². The van der Waals surface area contributed by atoms with Crippen LogP contribution in [0.5, 0.6) is 0 Å². The molecule has 2 aromatic rings. The fraction of sp³-hybridized carbons (Fsp3) is 0.471. The van der Waals surface area contributed by atoms with Gasteiger partial charge in [0, 0.05) is 30.8 Å². The smallest absolute Gasteiger partial charge is 0.276 e. The number of fused-ring (bicyclic) bond motifs is 2. The Morgan fingerprint density at radius 1 is 1.31 bits per heavy atom. The number of nitrogens with one attached hydrogen (secondary N) is 1. The van der Waals surface area contributed by atoms with Gasteiger partial charge in [-0.3, -0.25) is 14.9 Å². The van der Waals surface area contributed by atoms with Crippen LogP contribution in [0.3, 0.4) is 0 Å². The molecule has 2 aliphatic rings. The van der Waals surface area contributed by atoms with E-state index >= 15 is 0 Å². The second-order valence-electron chi connectivity index (χ2n) is 6.80. The predicted molar refractivity (Wildman–Crippen MR) is 93.2 cm³/mol. The van der Waals surface area contributed by atoms with E-state index in [9.17, 15) is 14.9 Å². The minimum absolute atomic E-state index is 0.0260. The number of carbonyl (C=O) groups is 1. The molecular formula is C17H20N6O3. The fourth-order valence-electron chi connectivity index (χ4n) is 3.95. The third-order valence-electron chi connectivity index (χ3n) is 5.27. The number of benzene rings is 1. The molecule has 0 saturated carbocycles. The lowest BCUT2D eigenvalue weighted by Gasteiger charge is -2.27. The van der Waals surface area contributed by atoms with Gasteiger partial charge in [0.05, 0.1) is 16.3 Å². The van der Waals surface area contributed by atoms with Gasteiger partial charge in [-0.2, -0.15) is 0 Å². The highest BCUT2D eigenvalue weighted by molar-refractivity contribution is 5.94. The van der Waals surface area contributed by atoms with E-state index in [-0.39, 0.29) is 23.7 Å². The first-order chi connectivity index (χ1) is 12.6. The molecule has 2 atom stereocenters. The zero-order valence-corrected chi connectivity index (χ0v) is 14.5. The maximum absolute atomic E-state index is 13.1. The molecule has 2 aliphatic heterocycles. The Kier molecular flexibility index (Phi) is 4.15. The normalized spacial score (nSPS) is 22.3. The summed E-state index contributed by atoms with van der Waals surface area (Å²) in [5.41, 5.74) is 1.40. The number of non-ortho nitro benzene ring substituents is 1. The number of aromatic nitrogens is 3. The average Bonchev–Trinajstić information content (AvgIpc) is 3.13. The summed E-state index contributed by atoms with van der Waals surface area (Å²) in [6, 6.07) is 6.58. The van der Waals surface area contributed by atoms with Gasteiger partial charge in [-0.15, -0.1) is 5.10 Å². The third kappa shape index (κ3) is 2.74. The van der Waals surface area contributed by atoms with Crippen molar-refractivity contribution in [1.82, 2.24) is 25.2 Å². The highest BCUT2D eigenvalue weighted by Gasteiger charge is 2.39. The molecule has 1 N–H and O–H groups in total. The molecule has 2 unspecified atom stereocenters. The number of amides is 1. The maximum Gasteiger partial charge on any atom is 0.276 e. The second-order valence-corrected chi connectivity index (χ2v) is 6.80. The molecule has 9 nitrogen and oxygen atoms in total. The van der Waals surface area contributed by atoms with Crippen LogP contribution in [0.2, 0.25) is 0 Å². The Morgan fingerprint density at radius 3 is 2.92 bits per heavy atom. The summed E-state index contributed by atoms with van der Waals surface area (Å²) >= 11 is 0. The SMILES string of the molecule is Cc1c(C(=O)N2C3CCNCC2CC3)nnn1-c1cccc([N+](=O)[O-])c1. The summed E-state index contributed by atoms with van der Waals surface area (Å²) in [7, 11) is 0. The third-order valence-corrected chi connectivity index (χ3v) is 5.27. The van der Waals surface area contributed by atoms with E-state index < -0.39 is 4.92 Å². The van der Waals surface area contributed by atoms with Gasteiger partial charge in [0.25, 0.3) is 11.6 Å². The van der Waals surface area contributed by atoms with Crippen LogP contribution in [0.1, 0.15) is 35.4 Å². The van der Waals surface area contributed by atoms with Crippen LogP contribution in [0.25, 0.3) is 5.69 Å². The van der Waals surface area contributed by atoms with E-state index in [1.54, 1.807) is 19.1 Å². The second kappa shape index (κ2) is 6.49. The Bertz CT molecular complexity index is 850. The van der Waals surface area contributed by atoms with Gasteiger partial charge < -0.3 is 10.2 Å². The lowest BCUT2D eigenvalue weighted by Crippen LogP contribution is -2.43. The first kappa shape index (κ1) is 16.6. The highest BCUT2D eigenvalue weighted by atomic mass is 16.6. The molecule has 26 heavy (non-hydrogen) atoms. The molecule has 0 spiro atoms. The topological polar surface area (TPSA) is 106 Å². The number of rotatable bonds is 3. The van der Waals surface area contributed by atoms with Crippen molar-refractivity contribution in [3.63, 3.8) is 0 Å². The standard InChI is InChI=1S/C17H20N6O3/c1-11-16(17(24)21-12-5-6-15(21)10-18-8-7-12)19-20-22(11)13-3-2-4-14(9-13)23(25)26/h2-4,9,12,15,18H,5-8,10H2,1H3. The van der Waals surface area contributed by atoms with Crippen molar-refractivity contribution in [3.05, 3.63) is 45.8 Å². The van der Waals surface area contributed by atoms with Crippen LogP contribution in [-0.4, -0.2) is 55.9 Å². The lowest BCUT2D eigenvalue weighted by molar-refractivity contribution is -0.384. The van der Waals surface area contributed by atoms with E-state index in [0.29, 0.717) is 17.1 Å². The first-order valence-electron chi connectivity index (χ1n) is 8.77. The number of hydrogen-bond acceptors (Lipinski definition) is 6. The van der Waals surface area contributed by atoms with Crippen LogP contribution in [-0.2, 0) is 0 Å². The molecule has 2 fully saturated rings. The predicted octanol–water partition coefficient (Wildman–Crippen LogP) is 1.45. The van der Waals surface area contributed by atoms with E-state index in [1.165, 1.54) is 16.8 Å². The van der Waals surface area contributed by atoms with Crippen LogP contribution in [0.15, 0.2) is 24.3 Å². The largest absolute Gasteiger partial charge is 0.330 e. The Balaban J connectivity index is 1.66. The molecular weight excluding hydrogens is 336 g/mol. The van der Waals surface area contributed by atoms with E-state index in [4.69, 9.17) is 0 Å². The Morgan fingerprint density at radius 2 is 2.12 bits per heavy atom. The molecule has 4 rings (SSSR count). The molecule has 9 heteroatoms. The molecule has 1 aromatic carbocycles. The molecule has 2 saturated heterocycles. The van der Waals surface area contributed by atoms with Gasteiger partial charge in [-0.25, -0.2) is 4.68 Å². The Hall–Kier alpha value is -2.81. The van der Waals surface area contributed by atoms with Crippen molar-refractivity contribution in [2.75, 3.05) is 13.1 Å². The van der Waals surface area contributed by atoms with Gasteiger partial charge in [0.15, 0.2) is 5.69 Å². The van der Waals surface area contributed by atoms with Gasteiger partial charge in [0.1, 0.15) is 0 Å². The summed E-state index contributed by atoms with van der Waals surface area (Å²) in [4.78, 5) is 25.6. The summed E-state index contributed by atoms with van der Waals surface area (Å²) in [5, 5.41) is 22.6. The van der Waals surface area contributed by atoms with Crippen LogP contribution in [0, 0.1) is 17.0 Å². The highest BCUT2D eigenvalue weighted by Crippen LogP contribution is 2.30. The van der Waals surface area contributed by atoms with Crippen molar-refractivity contribution >= 4 is 11.6 Å². The number of hydrogen-bond donors (Lipinski definition) is 1. The maximum atomic E-state index is 13.1. The minimum atomic E-state index is -0.455. The van der Waals surface area contributed by atoms with Crippen molar-refractivity contribution in [2.45, 2.75) is 38.3 Å². The molecule has 0 radical (unpaired) electrons. The number of nitro groups is 1. The average molecular weight is 356 g/mol. The number of carbonyl (C=O) groups excluding carboxylic acids is 1. The monoisotopic (exact) mass is 356 g/mol. The van der Waals surface area contributed by atoms with Crippen molar-refractivity contribution < 1.29 is 9.72 Å². The van der Waals surface area contributed by atoms with Crippen LogP contribution in [0.4, 0.5) is 5.69 Å². The molecule has 1 amide bonds. The summed E-state index contributed by atoms with van der Waals surface area (Å²) in [6.07, 6.45) is 2.97. The van der Waals surface area contributed by atoms with Crippen molar-refractivity contribution in [2.24, 2.45) is 0 Å². The molecule has 3 heterocycles. The van der Waals surface area contributed by atoms with Crippen molar-refractivity contribution in [1.29, 1.82) is 0 Å². The molecule has 2 bridgehead atoms. The van der Waals surface area contributed by atoms with E-state index in [0.717, 1.165) is 32.4 Å². The quantitative estimate of drug-likeness (QED) is 0.659. The van der Waals surface area contributed by atoms with Gasteiger partial charge in [0.2, 0.25) is 0 Å². The number of nitro benzene ring substituents is 1. The first-order valence-corrected chi connectivity index (χ1v) is 8.77. The number of nitrogens with zero attached hydrogens (tertiary/aromatic N) is 5. The van der Waals surface area contributed by atoms with Crippen LogP contribution < -0.4 is 5.32 Å². The van der Waals surface area contributed by atoms with E-state index in [1.807, 2.05) is 4.90 Å². The van der Waals surface area contributed by atoms with Gasteiger partial charge in [-0.05, 0) is 38.8 Å². The lowest BCUT2D eigenvalue weighted by atomic mass is 10.1. The summed E-state index contributed by atoms with van der Waals surface area (Å²) < 4.78 is 1.48. The van der Waals surface area contributed by atoms with Crippen LogP contribution >= 0.6 is 0 Å².